The summed E-state index contributed by atoms with van der Waals surface area (Å²) in [6.45, 7) is 9.14. The van der Waals surface area contributed by atoms with E-state index in [0.29, 0.717) is 5.92 Å². The Morgan fingerprint density at radius 3 is 2.17 bits per heavy atom. The van der Waals surface area contributed by atoms with Gasteiger partial charge < -0.3 is 9.47 Å². The van der Waals surface area contributed by atoms with Crippen molar-refractivity contribution in [3.8, 4) is 11.5 Å². The fourth-order valence-corrected chi connectivity index (χ4v) is 2.48. The van der Waals surface area contributed by atoms with Gasteiger partial charge in [-0.1, -0.05) is 40.2 Å². The summed E-state index contributed by atoms with van der Waals surface area (Å²) >= 11 is 0. The molecule has 0 aliphatic heterocycles. The van der Waals surface area contributed by atoms with Crippen LogP contribution in [0.4, 0.5) is 0 Å². The molecule has 18 heavy (non-hydrogen) atoms. The van der Waals surface area contributed by atoms with Gasteiger partial charge in [0.1, 0.15) is 0 Å². The lowest BCUT2D eigenvalue weighted by Crippen LogP contribution is -2.28. The molecule has 0 bridgehead atoms. The lowest BCUT2D eigenvalue weighted by molar-refractivity contribution is 0.306. The largest absolute Gasteiger partial charge is 0.493 e. The maximum atomic E-state index is 5.40. The molecule has 0 heterocycles. The van der Waals surface area contributed by atoms with Crippen LogP contribution >= 0.6 is 0 Å². The average Bonchev–Trinajstić information content (AvgIpc) is 2.37. The van der Waals surface area contributed by atoms with E-state index in [-0.39, 0.29) is 5.41 Å². The van der Waals surface area contributed by atoms with E-state index in [9.17, 15) is 0 Å². The quantitative estimate of drug-likeness (QED) is 0.744. The molecule has 0 saturated heterocycles. The molecule has 0 fully saturated rings. The fraction of sp³-hybridized carbons (Fsp3) is 0.625. The first kappa shape index (κ1) is 14.9. The molecule has 2 heteroatoms. The van der Waals surface area contributed by atoms with E-state index in [0.717, 1.165) is 11.5 Å². The molecule has 1 aromatic carbocycles. The zero-order chi connectivity index (χ0) is 13.8. The van der Waals surface area contributed by atoms with Gasteiger partial charge in [0.15, 0.2) is 11.5 Å². The van der Waals surface area contributed by atoms with Crippen LogP contribution in [0.1, 0.15) is 46.1 Å². The molecule has 1 rings (SSSR count). The minimum absolute atomic E-state index is 0.189. The second kappa shape index (κ2) is 6.12. The molecule has 102 valence electrons. The van der Waals surface area contributed by atoms with Crippen LogP contribution in [0.5, 0.6) is 11.5 Å². The van der Waals surface area contributed by atoms with Crippen LogP contribution in [0.15, 0.2) is 18.2 Å². The molecule has 1 aromatic rings. The van der Waals surface area contributed by atoms with E-state index in [1.165, 1.54) is 18.4 Å². The SMILES string of the molecule is CCCC(C)(c1ccc(OC)c(OC)c1)C(C)C. The molecule has 0 aliphatic carbocycles. The third kappa shape index (κ3) is 2.80. The maximum absolute atomic E-state index is 5.40. The van der Waals surface area contributed by atoms with Gasteiger partial charge in [-0.05, 0) is 35.4 Å². The van der Waals surface area contributed by atoms with Gasteiger partial charge in [0, 0.05) is 0 Å². The molecule has 1 unspecified atom stereocenters. The lowest BCUT2D eigenvalue weighted by Gasteiger charge is -2.34. The highest BCUT2D eigenvalue weighted by Gasteiger charge is 2.30. The molecule has 1 atom stereocenters. The van der Waals surface area contributed by atoms with E-state index < -0.39 is 0 Å². The second-order valence-electron chi connectivity index (χ2n) is 5.39. The van der Waals surface area contributed by atoms with Gasteiger partial charge in [0.05, 0.1) is 14.2 Å². The van der Waals surface area contributed by atoms with E-state index in [2.05, 4.69) is 39.8 Å². The van der Waals surface area contributed by atoms with Crippen molar-refractivity contribution in [1.82, 2.24) is 0 Å². The first-order valence-corrected chi connectivity index (χ1v) is 6.72. The first-order valence-electron chi connectivity index (χ1n) is 6.72. The molecule has 0 radical (unpaired) electrons. The maximum Gasteiger partial charge on any atom is 0.161 e. The predicted octanol–water partition coefficient (Wildman–Crippen LogP) is 4.42. The molecule has 0 amide bonds. The van der Waals surface area contributed by atoms with Gasteiger partial charge in [-0.25, -0.2) is 0 Å². The Morgan fingerprint density at radius 1 is 1.11 bits per heavy atom. The van der Waals surface area contributed by atoms with Crippen molar-refractivity contribution in [3.63, 3.8) is 0 Å². The molecule has 0 spiro atoms. The Bertz CT molecular complexity index is 385. The molecule has 0 N–H and O–H groups in total. The van der Waals surface area contributed by atoms with Gasteiger partial charge in [0.25, 0.3) is 0 Å². The molecule has 0 aliphatic rings. The first-order chi connectivity index (χ1) is 8.49. The zero-order valence-electron chi connectivity index (χ0n) is 12.5. The zero-order valence-corrected chi connectivity index (χ0v) is 12.5. The van der Waals surface area contributed by atoms with Gasteiger partial charge in [-0.3, -0.25) is 0 Å². The van der Waals surface area contributed by atoms with Crippen LogP contribution in [-0.4, -0.2) is 14.2 Å². The highest BCUT2D eigenvalue weighted by Crippen LogP contribution is 2.40. The van der Waals surface area contributed by atoms with Crippen LogP contribution in [0.3, 0.4) is 0 Å². The predicted molar refractivity (Wildman–Crippen MR) is 76.6 cm³/mol. The molecule has 2 nitrogen and oxygen atoms in total. The summed E-state index contributed by atoms with van der Waals surface area (Å²) < 4.78 is 10.7. The third-order valence-corrected chi connectivity index (χ3v) is 4.09. The molecule has 0 saturated carbocycles. The van der Waals surface area contributed by atoms with Crippen molar-refractivity contribution < 1.29 is 9.47 Å². The van der Waals surface area contributed by atoms with Crippen molar-refractivity contribution >= 4 is 0 Å². The summed E-state index contributed by atoms with van der Waals surface area (Å²) in [5.74, 6) is 2.21. The summed E-state index contributed by atoms with van der Waals surface area (Å²) in [5, 5.41) is 0. The van der Waals surface area contributed by atoms with Crippen molar-refractivity contribution in [2.24, 2.45) is 5.92 Å². The van der Waals surface area contributed by atoms with Crippen LogP contribution in [0, 0.1) is 5.92 Å². The summed E-state index contributed by atoms with van der Waals surface area (Å²) in [7, 11) is 3.36. The Balaban J connectivity index is 3.21. The summed E-state index contributed by atoms with van der Waals surface area (Å²) in [4.78, 5) is 0. The molecular formula is C16H26O2. The normalized spacial score (nSPS) is 14.4. The summed E-state index contributed by atoms with van der Waals surface area (Å²) in [6.07, 6.45) is 2.36. The van der Waals surface area contributed by atoms with E-state index in [1.54, 1.807) is 14.2 Å². The summed E-state index contributed by atoms with van der Waals surface area (Å²) in [6, 6.07) is 6.29. The Hall–Kier alpha value is -1.18. The van der Waals surface area contributed by atoms with Crippen molar-refractivity contribution in [3.05, 3.63) is 23.8 Å². The number of rotatable bonds is 6. The lowest BCUT2D eigenvalue weighted by atomic mass is 9.70. The number of ether oxygens (including phenoxy) is 2. The van der Waals surface area contributed by atoms with Gasteiger partial charge in [-0.2, -0.15) is 0 Å². The fourth-order valence-electron chi connectivity index (χ4n) is 2.48. The van der Waals surface area contributed by atoms with Crippen LogP contribution in [0.2, 0.25) is 0 Å². The van der Waals surface area contributed by atoms with E-state index in [4.69, 9.17) is 9.47 Å². The van der Waals surface area contributed by atoms with Gasteiger partial charge in [-0.15, -0.1) is 0 Å². The van der Waals surface area contributed by atoms with Crippen molar-refractivity contribution in [2.45, 2.75) is 46.0 Å². The number of benzene rings is 1. The van der Waals surface area contributed by atoms with Crippen LogP contribution in [0.25, 0.3) is 0 Å². The number of methoxy groups -OCH3 is 2. The van der Waals surface area contributed by atoms with Crippen LogP contribution < -0.4 is 9.47 Å². The van der Waals surface area contributed by atoms with Crippen molar-refractivity contribution in [2.75, 3.05) is 14.2 Å². The van der Waals surface area contributed by atoms with E-state index >= 15 is 0 Å². The topological polar surface area (TPSA) is 18.5 Å². The second-order valence-corrected chi connectivity index (χ2v) is 5.39. The number of hydrogen-bond acceptors (Lipinski definition) is 2. The molecular weight excluding hydrogens is 224 g/mol. The smallest absolute Gasteiger partial charge is 0.161 e. The van der Waals surface area contributed by atoms with Gasteiger partial charge >= 0.3 is 0 Å². The monoisotopic (exact) mass is 250 g/mol. The molecule has 0 aromatic heterocycles. The van der Waals surface area contributed by atoms with Gasteiger partial charge in [0.2, 0.25) is 0 Å². The Morgan fingerprint density at radius 2 is 1.72 bits per heavy atom. The standard InChI is InChI=1S/C16H26O2/c1-7-10-16(4,12(2)3)13-8-9-14(17-5)15(11-13)18-6/h8-9,11-12H,7,10H2,1-6H3. The minimum Gasteiger partial charge on any atom is -0.493 e. The minimum atomic E-state index is 0.189. The summed E-state index contributed by atoms with van der Waals surface area (Å²) in [5.41, 5.74) is 1.52. The van der Waals surface area contributed by atoms with Crippen LogP contribution in [-0.2, 0) is 5.41 Å². The Kier molecular flexibility index (Phi) is 5.06. The van der Waals surface area contributed by atoms with Crippen molar-refractivity contribution in [1.29, 1.82) is 0 Å². The highest BCUT2D eigenvalue weighted by molar-refractivity contribution is 5.45. The third-order valence-electron chi connectivity index (χ3n) is 4.09. The Labute approximate surface area is 111 Å². The van der Waals surface area contributed by atoms with E-state index in [1.807, 2.05) is 6.07 Å². The number of hydrogen-bond donors (Lipinski definition) is 0. The highest BCUT2D eigenvalue weighted by atomic mass is 16.5. The average molecular weight is 250 g/mol.